The van der Waals surface area contributed by atoms with Gasteiger partial charge in [0.05, 0.1) is 30.6 Å². The van der Waals surface area contributed by atoms with Crippen molar-refractivity contribution < 1.29 is 34.1 Å². The molecule has 7 nitrogen and oxygen atoms in total. The highest BCUT2D eigenvalue weighted by atomic mass is 31.2. The Balaban J connectivity index is 0. The van der Waals surface area contributed by atoms with Gasteiger partial charge in [-0.05, 0) is 40.0 Å². The van der Waals surface area contributed by atoms with Crippen LogP contribution >= 0.6 is 7.26 Å². The van der Waals surface area contributed by atoms with E-state index < -0.39 is 25.3 Å². The number of ether oxygens (including phenoxy) is 2. The smallest absolute Gasteiger partial charge is 0.333 e. The summed E-state index contributed by atoms with van der Waals surface area (Å²) in [7, 11) is -1.18. The summed E-state index contributed by atoms with van der Waals surface area (Å²) in [6, 6.07) is 0. The van der Waals surface area contributed by atoms with E-state index in [0.717, 1.165) is 13.1 Å². The molecule has 194 valence electrons. The highest BCUT2D eigenvalue weighted by molar-refractivity contribution is 7.75. The molecule has 0 spiro atoms. The van der Waals surface area contributed by atoms with Crippen LogP contribution < -0.4 is 5.11 Å². The maximum Gasteiger partial charge on any atom is 0.333 e. The molecule has 0 aliphatic heterocycles. The Morgan fingerprint density at radius 3 is 1.67 bits per heavy atom. The first-order chi connectivity index (χ1) is 15.4. The van der Waals surface area contributed by atoms with E-state index in [1.54, 1.807) is 6.92 Å². The number of hydrogen-bond acceptors (Lipinski definition) is 7. The van der Waals surface area contributed by atoms with E-state index in [1.807, 2.05) is 6.92 Å². The fraction of sp³-hybridized carbons (Fsp3) is 0.800. The summed E-state index contributed by atoms with van der Waals surface area (Å²) in [5, 5.41) is 18.8. The molecule has 0 aromatic rings. The van der Waals surface area contributed by atoms with E-state index in [9.17, 15) is 14.7 Å². The third-order valence-electron chi connectivity index (χ3n) is 5.19. The van der Waals surface area contributed by atoms with Crippen LogP contribution in [0.3, 0.4) is 0 Å². The summed E-state index contributed by atoms with van der Waals surface area (Å²) in [5.74, 6) is -2.07. The average molecular weight is 491 g/mol. The first-order valence-electron chi connectivity index (χ1n) is 12.1. The molecule has 33 heavy (non-hydrogen) atoms. The second kappa shape index (κ2) is 20.0. The molecule has 0 fully saturated rings. The molecule has 2 unspecified atom stereocenters. The van der Waals surface area contributed by atoms with Crippen LogP contribution in [0.15, 0.2) is 12.2 Å². The zero-order chi connectivity index (χ0) is 25.9. The molecule has 0 aliphatic rings. The largest absolute Gasteiger partial charge is 0.550 e. The van der Waals surface area contributed by atoms with Crippen molar-refractivity contribution >= 4 is 25.2 Å². The summed E-state index contributed by atoms with van der Waals surface area (Å²) in [6.45, 7) is 14.3. The number of carbonyl (C=O) groups is 3. The highest BCUT2D eigenvalue weighted by Crippen LogP contribution is 2.61. The number of hydrogen-bond donors (Lipinski definition) is 1. The van der Waals surface area contributed by atoms with Crippen LogP contribution in [0.1, 0.15) is 80.1 Å². The summed E-state index contributed by atoms with van der Waals surface area (Å²) in [5.41, 5.74) is 0.273. The Labute approximate surface area is 201 Å². The van der Waals surface area contributed by atoms with Gasteiger partial charge in [0.1, 0.15) is 19.3 Å². The summed E-state index contributed by atoms with van der Waals surface area (Å²) >= 11 is 0. The molecule has 0 saturated carbocycles. The number of aliphatic hydroxyl groups is 1. The molecule has 0 aliphatic carbocycles. The van der Waals surface area contributed by atoms with Gasteiger partial charge in [-0.1, -0.05) is 46.6 Å². The van der Waals surface area contributed by atoms with E-state index in [2.05, 4.69) is 27.4 Å². The van der Waals surface area contributed by atoms with Crippen LogP contribution in [-0.4, -0.2) is 67.0 Å². The molecular formula is C25H47O7P. The molecule has 0 radical (unpaired) electrons. The standard InChI is InChI=1S/C23H44O5P.C2H4O2/c1-7-10-13-29(14-11-8-2,15-12-9-3)18-20(6)23(26)28-17-21(24)16-27-22(25)19(4)5;1-2(3)4/h20-21,24H,4,7-18H2,1-3,5-6H3;1H3,(H,3,4)/q+1;/p-1. The lowest BCUT2D eigenvalue weighted by Gasteiger charge is -2.30. The second-order valence-corrected chi connectivity index (χ2v) is 13.2. The zero-order valence-corrected chi connectivity index (χ0v) is 22.6. The minimum absolute atomic E-state index is 0.156. The van der Waals surface area contributed by atoms with Crippen LogP contribution in [0.2, 0.25) is 0 Å². The van der Waals surface area contributed by atoms with Gasteiger partial charge < -0.3 is 24.5 Å². The van der Waals surface area contributed by atoms with Gasteiger partial charge in [0, 0.05) is 18.8 Å². The van der Waals surface area contributed by atoms with Gasteiger partial charge in [-0.25, -0.2) is 4.79 Å². The number of carboxylic acids is 1. The second-order valence-electron chi connectivity index (χ2n) is 8.81. The molecule has 0 rings (SSSR count). The van der Waals surface area contributed by atoms with Gasteiger partial charge in [0.15, 0.2) is 0 Å². The predicted octanol–water partition coefficient (Wildman–Crippen LogP) is 3.82. The van der Waals surface area contributed by atoms with Crippen molar-refractivity contribution in [3.8, 4) is 0 Å². The molecule has 8 heteroatoms. The lowest BCUT2D eigenvalue weighted by atomic mass is 10.2. The van der Waals surface area contributed by atoms with Crippen molar-refractivity contribution in [3.05, 3.63) is 12.2 Å². The van der Waals surface area contributed by atoms with Gasteiger partial charge in [-0.3, -0.25) is 4.79 Å². The van der Waals surface area contributed by atoms with Gasteiger partial charge in [-0.2, -0.15) is 0 Å². The Kier molecular flexibility index (Phi) is 20.4. The Morgan fingerprint density at radius 1 is 0.909 bits per heavy atom. The fourth-order valence-corrected chi connectivity index (χ4v) is 8.90. The lowest BCUT2D eigenvalue weighted by molar-refractivity contribution is -0.302. The topological polar surface area (TPSA) is 113 Å². The Morgan fingerprint density at radius 2 is 1.30 bits per heavy atom. The Bertz CT molecular complexity index is 551. The normalized spacial score (nSPS) is 12.7. The number of carboxylic acid groups (broad SMARTS) is 1. The van der Waals surface area contributed by atoms with E-state index in [1.165, 1.54) is 57.0 Å². The first-order valence-corrected chi connectivity index (χ1v) is 14.7. The molecule has 2 atom stereocenters. The maximum atomic E-state index is 12.6. The quantitative estimate of drug-likeness (QED) is 0.187. The molecule has 1 N–H and O–H groups in total. The van der Waals surface area contributed by atoms with Crippen molar-refractivity contribution in [2.45, 2.75) is 86.2 Å². The fourth-order valence-electron chi connectivity index (χ4n) is 3.41. The van der Waals surface area contributed by atoms with Crippen molar-refractivity contribution in [2.24, 2.45) is 5.92 Å². The molecule has 0 amide bonds. The van der Waals surface area contributed by atoms with Crippen LogP contribution in [0.4, 0.5) is 0 Å². The van der Waals surface area contributed by atoms with Crippen LogP contribution in [0, 0.1) is 5.92 Å². The lowest BCUT2D eigenvalue weighted by Crippen LogP contribution is -2.29. The van der Waals surface area contributed by atoms with E-state index in [4.69, 9.17) is 19.4 Å². The summed E-state index contributed by atoms with van der Waals surface area (Å²) < 4.78 is 10.2. The van der Waals surface area contributed by atoms with Gasteiger partial charge in [0.25, 0.3) is 0 Å². The molecular weight excluding hydrogens is 443 g/mol. The SMILES string of the molecule is C=C(C)C(=O)OCC(O)COC(=O)C(C)C[P+](CCCC)(CCCC)CCCC.CC(=O)[O-]. The van der Waals surface area contributed by atoms with Crippen molar-refractivity contribution in [1.29, 1.82) is 0 Å². The predicted molar refractivity (Wildman–Crippen MR) is 134 cm³/mol. The highest BCUT2D eigenvalue weighted by Gasteiger charge is 2.39. The van der Waals surface area contributed by atoms with Gasteiger partial charge in [0.2, 0.25) is 0 Å². The van der Waals surface area contributed by atoms with E-state index in [0.29, 0.717) is 0 Å². The van der Waals surface area contributed by atoms with Crippen molar-refractivity contribution in [1.82, 2.24) is 0 Å². The number of unbranched alkanes of at least 4 members (excludes halogenated alkanes) is 3. The Hall–Kier alpha value is -1.46. The first kappa shape index (κ1) is 33.7. The number of rotatable bonds is 17. The van der Waals surface area contributed by atoms with Gasteiger partial charge in [-0.15, -0.1) is 0 Å². The van der Waals surface area contributed by atoms with Crippen molar-refractivity contribution in [2.75, 3.05) is 37.9 Å². The third-order valence-corrected chi connectivity index (χ3v) is 10.3. The number of aliphatic hydroxyl groups excluding tert-OH is 1. The van der Waals surface area contributed by atoms with Gasteiger partial charge >= 0.3 is 11.9 Å². The van der Waals surface area contributed by atoms with Crippen LogP contribution in [-0.2, 0) is 23.9 Å². The molecule has 0 aromatic heterocycles. The van der Waals surface area contributed by atoms with Crippen LogP contribution in [0.25, 0.3) is 0 Å². The summed E-state index contributed by atoms with van der Waals surface area (Å²) in [6.07, 6.45) is 11.0. The third kappa shape index (κ3) is 18.6. The molecule has 0 saturated heterocycles. The number of aliphatic carboxylic acids is 1. The van der Waals surface area contributed by atoms with Crippen LogP contribution in [0.5, 0.6) is 0 Å². The molecule has 0 heterocycles. The average Bonchev–Trinajstić information content (AvgIpc) is 2.75. The minimum atomic E-state index is -1.18. The van der Waals surface area contributed by atoms with E-state index >= 15 is 0 Å². The summed E-state index contributed by atoms with van der Waals surface area (Å²) in [4.78, 5) is 32.8. The maximum absolute atomic E-state index is 12.6. The minimum Gasteiger partial charge on any atom is -0.550 e. The van der Waals surface area contributed by atoms with Crippen molar-refractivity contribution in [3.63, 3.8) is 0 Å². The number of esters is 2. The number of carbonyl (C=O) groups excluding carboxylic acids is 3. The molecule has 0 aromatic carbocycles. The zero-order valence-electron chi connectivity index (χ0n) is 21.7. The molecule has 0 bridgehead atoms. The monoisotopic (exact) mass is 490 g/mol. The van der Waals surface area contributed by atoms with E-state index in [-0.39, 0.29) is 30.7 Å².